The first-order valence-corrected chi connectivity index (χ1v) is 5.80. The van der Waals surface area contributed by atoms with E-state index in [1.165, 1.54) is 10.6 Å². The van der Waals surface area contributed by atoms with Crippen molar-refractivity contribution in [1.29, 1.82) is 0 Å². The van der Waals surface area contributed by atoms with Gasteiger partial charge in [-0.1, -0.05) is 0 Å². The largest absolute Gasteiger partial charge is 0.417 e. The molecular weight excluding hydrogens is 336 g/mol. The molecule has 1 aromatic rings. The van der Waals surface area contributed by atoms with Gasteiger partial charge in [-0.2, -0.15) is 26.3 Å². The number of hydrogen-bond acceptors (Lipinski definition) is 3. The summed E-state index contributed by atoms with van der Waals surface area (Å²) in [6.07, 6.45) is -9.09. The molecule has 3 amide bonds. The summed E-state index contributed by atoms with van der Waals surface area (Å²) in [5.74, 6) is -1.26. The smallest absolute Gasteiger partial charge is 0.329 e. The Kier molecular flexibility index (Phi) is 5.40. The van der Waals surface area contributed by atoms with Crippen LogP contribution in [0.5, 0.6) is 0 Å². The number of nitrogens with zero attached hydrogens (tertiary/aromatic N) is 1. The minimum Gasteiger partial charge on any atom is -0.329 e. The molecule has 0 saturated heterocycles. The van der Waals surface area contributed by atoms with Gasteiger partial charge in [0, 0.05) is 12.3 Å². The maximum absolute atomic E-state index is 12.5. The van der Waals surface area contributed by atoms with Gasteiger partial charge in [0.15, 0.2) is 0 Å². The minimum atomic E-state index is -4.75. The lowest BCUT2D eigenvalue weighted by atomic mass is 10.3. The number of nitrogens with one attached hydrogen (secondary N) is 2. The zero-order valence-electron chi connectivity index (χ0n) is 11.1. The van der Waals surface area contributed by atoms with Gasteiger partial charge in [-0.25, -0.2) is 4.79 Å². The van der Waals surface area contributed by atoms with E-state index in [0.717, 1.165) is 0 Å². The van der Waals surface area contributed by atoms with Crippen molar-refractivity contribution < 1.29 is 35.9 Å². The molecule has 12 heteroatoms. The lowest BCUT2D eigenvalue weighted by molar-refractivity contribution is -0.138. The van der Waals surface area contributed by atoms with Gasteiger partial charge in [0.2, 0.25) is 5.91 Å². The molecule has 0 saturated carbocycles. The first-order valence-electron chi connectivity index (χ1n) is 5.80. The van der Waals surface area contributed by atoms with Crippen LogP contribution in [0.2, 0.25) is 0 Å². The number of carbonyl (C=O) groups is 2. The predicted octanol–water partition coefficient (Wildman–Crippen LogP) is 1.26. The third kappa shape index (κ3) is 6.40. The Labute approximate surface area is 124 Å². The molecule has 0 bridgehead atoms. The van der Waals surface area contributed by atoms with E-state index in [1.807, 2.05) is 0 Å². The number of halogens is 6. The molecule has 0 radical (unpaired) electrons. The molecule has 2 N–H and O–H groups in total. The van der Waals surface area contributed by atoms with Crippen LogP contribution in [0, 0.1) is 0 Å². The monoisotopic (exact) mass is 345 g/mol. The second-order valence-electron chi connectivity index (χ2n) is 4.23. The van der Waals surface area contributed by atoms with E-state index in [2.05, 4.69) is 0 Å². The molecule has 0 spiro atoms. The number of aromatic nitrogens is 1. The Morgan fingerprint density at radius 1 is 1.09 bits per heavy atom. The maximum Gasteiger partial charge on any atom is 0.417 e. The van der Waals surface area contributed by atoms with Gasteiger partial charge in [-0.15, -0.1) is 0 Å². The van der Waals surface area contributed by atoms with Gasteiger partial charge in [0.1, 0.15) is 13.1 Å². The molecular formula is C11H9F6N3O3. The number of alkyl halides is 6. The predicted molar refractivity (Wildman–Crippen MR) is 63.3 cm³/mol. The van der Waals surface area contributed by atoms with Crippen LogP contribution in [-0.2, 0) is 17.5 Å². The highest BCUT2D eigenvalue weighted by Crippen LogP contribution is 2.27. The Hall–Kier alpha value is -2.53. The molecule has 0 fully saturated rings. The number of imide groups is 1. The average Bonchev–Trinajstić information content (AvgIpc) is 2.37. The van der Waals surface area contributed by atoms with Crippen molar-refractivity contribution in [2.75, 3.05) is 6.54 Å². The van der Waals surface area contributed by atoms with Crippen LogP contribution in [0.1, 0.15) is 5.56 Å². The van der Waals surface area contributed by atoms with Crippen molar-refractivity contribution in [2.24, 2.45) is 0 Å². The Bertz CT molecular complexity index is 650. The van der Waals surface area contributed by atoms with Crippen molar-refractivity contribution >= 4 is 11.9 Å². The fourth-order valence-electron chi connectivity index (χ4n) is 1.37. The molecule has 1 heterocycles. The molecule has 0 aliphatic carbocycles. The van der Waals surface area contributed by atoms with Crippen LogP contribution < -0.4 is 16.2 Å². The Morgan fingerprint density at radius 2 is 1.70 bits per heavy atom. The first-order chi connectivity index (χ1) is 10.4. The molecule has 0 aliphatic heterocycles. The third-order valence-corrected chi connectivity index (χ3v) is 2.33. The molecule has 1 rings (SSSR count). The van der Waals surface area contributed by atoms with E-state index in [1.54, 1.807) is 0 Å². The van der Waals surface area contributed by atoms with E-state index in [4.69, 9.17) is 0 Å². The number of pyridine rings is 1. The van der Waals surface area contributed by atoms with Crippen LogP contribution in [0.3, 0.4) is 0 Å². The number of hydrogen-bond donors (Lipinski definition) is 2. The van der Waals surface area contributed by atoms with E-state index in [-0.39, 0.29) is 0 Å². The molecule has 0 atom stereocenters. The number of carbonyl (C=O) groups excluding carboxylic acids is 2. The topological polar surface area (TPSA) is 80.2 Å². The summed E-state index contributed by atoms with van der Waals surface area (Å²) in [7, 11) is 0. The number of rotatable bonds is 3. The Balaban J connectivity index is 2.71. The molecule has 0 unspecified atom stereocenters. The van der Waals surface area contributed by atoms with Gasteiger partial charge in [0.25, 0.3) is 5.56 Å². The summed E-state index contributed by atoms with van der Waals surface area (Å²) >= 11 is 0. The van der Waals surface area contributed by atoms with E-state index >= 15 is 0 Å². The molecule has 0 aromatic carbocycles. The SMILES string of the molecule is O=C(Cn1cc(C(F)(F)F)ccc1=O)NC(=O)NCC(F)(F)F. The van der Waals surface area contributed by atoms with Crippen molar-refractivity contribution in [3.8, 4) is 0 Å². The molecule has 1 aromatic heterocycles. The quantitative estimate of drug-likeness (QED) is 0.810. The van der Waals surface area contributed by atoms with Crippen LogP contribution in [0.25, 0.3) is 0 Å². The van der Waals surface area contributed by atoms with E-state index in [0.29, 0.717) is 22.9 Å². The molecule has 128 valence electrons. The fraction of sp³-hybridized carbons (Fsp3) is 0.364. The highest BCUT2D eigenvalue weighted by atomic mass is 19.4. The summed E-state index contributed by atoms with van der Waals surface area (Å²) in [4.78, 5) is 33.7. The summed E-state index contributed by atoms with van der Waals surface area (Å²) in [5, 5.41) is 2.78. The highest BCUT2D eigenvalue weighted by Gasteiger charge is 2.31. The summed E-state index contributed by atoms with van der Waals surface area (Å²) < 4.78 is 73.3. The third-order valence-electron chi connectivity index (χ3n) is 2.33. The van der Waals surface area contributed by atoms with Crippen LogP contribution in [0.4, 0.5) is 31.1 Å². The number of urea groups is 1. The van der Waals surface area contributed by atoms with Crippen molar-refractivity contribution in [3.05, 3.63) is 34.2 Å². The molecule has 6 nitrogen and oxygen atoms in total. The lowest BCUT2D eigenvalue weighted by Crippen LogP contribution is -2.45. The van der Waals surface area contributed by atoms with Crippen LogP contribution in [0.15, 0.2) is 23.1 Å². The molecule has 0 aliphatic rings. The van der Waals surface area contributed by atoms with Gasteiger partial charge in [0.05, 0.1) is 5.56 Å². The van der Waals surface area contributed by atoms with Gasteiger partial charge in [-0.3, -0.25) is 14.9 Å². The van der Waals surface area contributed by atoms with Gasteiger partial charge >= 0.3 is 18.4 Å². The van der Waals surface area contributed by atoms with Gasteiger partial charge < -0.3 is 9.88 Å². The number of amides is 3. The van der Waals surface area contributed by atoms with Crippen molar-refractivity contribution in [3.63, 3.8) is 0 Å². The second kappa shape index (κ2) is 6.71. The second-order valence-corrected chi connectivity index (χ2v) is 4.23. The van der Waals surface area contributed by atoms with Crippen LogP contribution >= 0.6 is 0 Å². The minimum absolute atomic E-state index is 0.357. The fourth-order valence-corrected chi connectivity index (χ4v) is 1.37. The summed E-state index contributed by atoms with van der Waals surface area (Å²) in [6.45, 7) is -2.67. The maximum atomic E-state index is 12.5. The summed E-state index contributed by atoms with van der Waals surface area (Å²) in [6, 6.07) is -0.417. The summed E-state index contributed by atoms with van der Waals surface area (Å²) in [5.41, 5.74) is -2.16. The zero-order chi connectivity index (χ0) is 17.8. The van der Waals surface area contributed by atoms with E-state index in [9.17, 15) is 40.7 Å². The Morgan fingerprint density at radius 3 is 2.22 bits per heavy atom. The lowest BCUT2D eigenvalue weighted by Gasteiger charge is -2.11. The average molecular weight is 345 g/mol. The van der Waals surface area contributed by atoms with Crippen LogP contribution in [-0.4, -0.2) is 29.2 Å². The standard InChI is InChI=1S/C11H9F6N3O3/c12-10(13,14)5-18-9(23)19-7(21)4-20-3-6(11(15,16)17)1-2-8(20)22/h1-3H,4-5H2,(H2,18,19,21,23). The van der Waals surface area contributed by atoms with Crippen molar-refractivity contribution in [1.82, 2.24) is 15.2 Å². The van der Waals surface area contributed by atoms with Gasteiger partial charge in [-0.05, 0) is 6.07 Å². The van der Waals surface area contributed by atoms with Crippen molar-refractivity contribution in [2.45, 2.75) is 18.9 Å². The first kappa shape index (κ1) is 18.5. The highest BCUT2D eigenvalue weighted by molar-refractivity contribution is 5.94. The van der Waals surface area contributed by atoms with E-state index < -0.39 is 48.5 Å². The normalized spacial score (nSPS) is 11.9. The zero-order valence-corrected chi connectivity index (χ0v) is 11.1. The molecule has 23 heavy (non-hydrogen) atoms.